The highest BCUT2D eigenvalue weighted by atomic mass is 35.5. The molecule has 6 nitrogen and oxygen atoms in total. The van der Waals surface area contributed by atoms with Crippen LogP contribution in [0.3, 0.4) is 0 Å². The number of benzene rings is 2. The van der Waals surface area contributed by atoms with E-state index < -0.39 is 41.8 Å². The maximum absolute atomic E-state index is 13.0. The number of amides is 2. The van der Waals surface area contributed by atoms with E-state index in [-0.39, 0.29) is 18.9 Å². The first-order chi connectivity index (χ1) is 14.2. The summed E-state index contributed by atoms with van der Waals surface area (Å²) in [6, 6.07) is 11.1. The first-order valence-corrected chi connectivity index (χ1v) is 9.22. The standard InChI is InChI=1S/C20H16ClF3N2O4/c21-14-6-2-4-8-16(14)26-10-12(9-18(26)28)19(29)30-11-17(27)25-15-7-3-1-5-13(15)20(22,23)24/h1-8,12H,9-11H2,(H,25,27)/t12-/m0/s1. The Morgan fingerprint density at radius 3 is 2.50 bits per heavy atom. The van der Waals surface area contributed by atoms with Crippen molar-refractivity contribution < 1.29 is 32.3 Å². The number of esters is 1. The number of anilines is 2. The summed E-state index contributed by atoms with van der Waals surface area (Å²) in [4.78, 5) is 37.8. The van der Waals surface area contributed by atoms with Gasteiger partial charge in [-0.15, -0.1) is 0 Å². The Balaban J connectivity index is 1.57. The third-order valence-corrected chi connectivity index (χ3v) is 4.77. The van der Waals surface area contributed by atoms with E-state index >= 15 is 0 Å². The minimum atomic E-state index is -4.65. The molecule has 2 aromatic rings. The van der Waals surface area contributed by atoms with Gasteiger partial charge in [0.05, 0.1) is 27.9 Å². The van der Waals surface area contributed by atoms with Crippen molar-refractivity contribution in [2.45, 2.75) is 12.6 Å². The van der Waals surface area contributed by atoms with E-state index in [9.17, 15) is 27.6 Å². The van der Waals surface area contributed by atoms with E-state index in [1.165, 1.54) is 17.0 Å². The highest BCUT2D eigenvalue weighted by molar-refractivity contribution is 6.33. The summed E-state index contributed by atoms with van der Waals surface area (Å²) in [5, 5.41) is 2.43. The molecule has 30 heavy (non-hydrogen) atoms. The fourth-order valence-electron chi connectivity index (χ4n) is 3.05. The van der Waals surface area contributed by atoms with Gasteiger partial charge in [0.25, 0.3) is 5.91 Å². The maximum atomic E-state index is 13.0. The number of para-hydroxylation sites is 2. The van der Waals surface area contributed by atoms with Crippen LogP contribution in [-0.2, 0) is 25.3 Å². The van der Waals surface area contributed by atoms with E-state index in [1.807, 2.05) is 0 Å². The predicted molar refractivity (Wildman–Crippen MR) is 103 cm³/mol. The number of halogens is 4. The van der Waals surface area contributed by atoms with Crippen molar-refractivity contribution in [3.05, 3.63) is 59.1 Å². The number of carbonyl (C=O) groups excluding carboxylic acids is 3. The van der Waals surface area contributed by atoms with Crippen molar-refractivity contribution in [3.63, 3.8) is 0 Å². The van der Waals surface area contributed by atoms with Crippen molar-refractivity contribution in [3.8, 4) is 0 Å². The van der Waals surface area contributed by atoms with Crippen molar-refractivity contribution in [1.29, 1.82) is 0 Å². The van der Waals surface area contributed by atoms with E-state index in [4.69, 9.17) is 16.3 Å². The average molecular weight is 441 g/mol. The van der Waals surface area contributed by atoms with Crippen LogP contribution in [0.2, 0.25) is 5.02 Å². The van der Waals surface area contributed by atoms with Gasteiger partial charge in [-0.25, -0.2) is 0 Å². The molecule has 0 unspecified atom stereocenters. The van der Waals surface area contributed by atoms with E-state index in [2.05, 4.69) is 5.32 Å². The summed E-state index contributed by atoms with van der Waals surface area (Å²) in [6.07, 6.45) is -4.77. The molecule has 0 aliphatic carbocycles. The summed E-state index contributed by atoms with van der Waals surface area (Å²) in [5.74, 6) is -2.86. The normalized spacial score (nSPS) is 16.5. The largest absolute Gasteiger partial charge is 0.455 e. The lowest BCUT2D eigenvalue weighted by molar-refractivity contribution is -0.151. The van der Waals surface area contributed by atoms with Crippen LogP contribution in [0.15, 0.2) is 48.5 Å². The average Bonchev–Trinajstić information content (AvgIpc) is 3.07. The van der Waals surface area contributed by atoms with Crippen molar-refractivity contribution in [2.75, 3.05) is 23.4 Å². The van der Waals surface area contributed by atoms with Crippen molar-refractivity contribution in [2.24, 2.45) is 5.92 Å². The van der Waals surface area contributed by atoms with Crippen LogP contribution < -0.4 is 10.2 Å². The Bertz CT molecular complexity index is 981. The zero-order valence-electron chi connectivity index (χ0n) is 15.4. The summed E-state index contributed by atoms with van der Waals surface area (Å²) < 4.78 is 43.8. The molecule has 1 saturated heterocycles. The van der Waals surface area contributed by atoms with E-state index in [0.717, 1.165) is 12.1 Å². The molecule has 0 spiro atoms. The number of nitrogens with zero attached hydrogens (tertiary/aromatic N) is 1. The summed E-state index contributed by atoms with van der Waals surface area (Å²) in [5.41, 5.74) is -0.991. The number of nitrogens with one attached hydrogen (secondary N) is 1. The smallest absolute Gasteiger partial charge is 0.418 e. The predicted octanol–water partition coefficient (Wildman–Crippen LogP) is 3.89. The quantitative estimate of drug-likeness (QED) is 0.716. The van der Waals surface area contributed by atoms with Gasteiger partial charge in [0.1, 0.15) is 0 Å². The molecule has 0 bridgehead atoms. The molecule has 1 aliphatic heterocycles. The highest BCUT2D eigenvalue weighted by Gasteiger charge is 2.37. The lowest BCUT2D eigenvalue weighted by atomic mass is 10.1. The topological polar surface area (TPSA) is 75.7 Å². The van der Waals surface area contributed by atoms with Gasteiger partial charge in [-0.05, 0) is 24.3 Å². The van der Waals surface area contributed by atoms with Crippen LogP contribution in [0.4, 0.5) is 24.5 Å². The Morgan fingerprint density at radius 1 is 1.13 bits per heavy atom. The molecule has 1 fully saturated rings. The van der Waals surface area contributed by atoms with Crippen LogP contribution in [-0.4, -0.2) is 30.9 Å². The number of rotatable bonds is 5. The zero-order chi connectivity index (χ0) is 21.9. The molecule has 10 heteroatoms. The minimum absolute atomic E-state index is 0.0277. The van der Waals surface area contributed by atoms with Crippen molar-refractivity contribution in [1.82, 2.24) is 0 Å². The fraction of sp³-hybridized carbons (Fsp3) is 0.250. The second-order valence-electron chi connectivity index (χ2n) is 6.56. The monoisotopic (exact) mass is 440 g/mol. The molecule has 3 rings (SSSR count). The van der Waals surface area contributed by atoms with Crippen LogP contribution in [0.25, 0.3) is 0 Å². The summed E-state index contributed by atoms with van der Waals surface area (Å²) in [7, 11) is 0. The summed E-state index contributed by atoms with van der Waals surface area (Å²) >= 11 is 6.08. The molecule has 158 valence electrons. The third-order valence-electron chi connectivity index (χ3n) is 4.45. The Hall–Kier alpha value is -3.07. The number of alkyl halides is 3. The molecular formula is C20H16ClF3N2O4. The van der Waals surface area contributed by atoms with Gasteiger partial charge in [-0.3, -0.25) is 14.4 Å². The Labute approximate surface area is 174 Å². The molecule has 1 heterocycles. The first kappa shape index (κ1) is 21.6. The zero-order valence-corrected chi connectivity index (χ0v) is 16.2. The second-order valence-corrected chi connectivity index (χ2v) is 6.96. The molecule has 2 aromatic carbocycles. The Kier molecular flexibility index (Phi) is 6.31. The molecule has 1 atom stereocenters. The van der Waals surface area contributed by atoms with Gasteiger partial charge in [-0.1, -0.05) is 35.9 Å². The summed E-state index contributed by atoms with van der Waals surface area (Å²) in [6.45, 7) is -0.748. The fourth-order valence-corrected chi connectivity index (χ4v) is 3.29. The van der Waals surface area contributed by atoms with Gasteiger partial charge in [0.2, 0.25) is 5.91 Å². The third kappa shape index (κ3) is 4.91. The lowest BCUT2D eigenvalue weighted by Crippen LogP contribution is -2.28. The number of ether oxygens (including phenoxy) is 1. The van der Waals surface area contributed by atoms with E-state index in [0.29, 0.717) is 10.7 Å². The second kappa shape index (κ2) is 8.74. The van der Waals surface area contributed by atoms with Crippen molar-refractivity contribution >= 4 is 40.8 Å². The Morgan fingerprint density at radius 2 is 1.80 bits per heavy atom. The molecule has 1 N–H and O–H groups in total. The number of carbonyl (C=O) groups is 3. The van der Waals surface area contributed by atoms with Crippen LogP contribution in [0.5, 0.6) is 0 Å². The molecule has 0 saturated carbocycles. The first-order valence-electron chi connectivity index (χ1n) is 8.84. The van der Waals surface area contributed by atoms with Gasteiger partial charge in [-0.2, -0.15) is 13.2 Å². The van der Waals surface area contributed by atoms with Crippen LogP contribution >= 0.6 is 11.6 Å². The van der Waals surface area contributed by atoms with Gasteiger partial charge in [0.15, 0.2) is 6.61 Å². The number of hydrogen-bond donors (Lipinski definition) is 1. The van der Waals surface area contributed by atoms with Gasteiger partial charge in [0, 0.05) is 13.0 Å². The molecule has 2 amide bonds. The molecular weight excluding hydrogens is 425 g/mol. The van der Waals surface area contributed by atoms with Gasteiger partial charge >= 0.3 is 12.1 Å². The molecule has 1 aliphatic rings. The molecule has 0 radical (unpaired) electrons. The van der Waals surface area contributed by atoms with E-state index in [1.54, 1.807) is 24.3 Å². The van der Waals surface area contributed by atoms with Crippen LogP contribution in [0.1, 0.15) is 12.0 Å². The molecule has 0 aromatic heterocycles. The highest BCUT2D eigenvalue weighted by Crippen LogP contribution is 2.34. The number of hydrogen-bond acceptors (Lipinski definition) is 4. The maximum Gasteiger partial charge on any atom is 0.418 e. The lowest BCUT2D eigenvalue weighted by Gasteiger charge is -2.17. The SMILES string of the molecule is O=C(COC(=O)[C@H]1CC(=O)N(c2ccccc2Cl)C1)Nc1ccccc1C(F)(F)F. The van der Waals surface area contributed by atoms with Crippen LogP contribution in [0, 0.1) is 5.92 Å². The minimum Gasteiger partial charge on any atom is -0.455 e. The van der Waals surface area contributed by atoms with Gasteiger partial charge < -0.3 is 15.0 Å².